The molecule has 0 bridgehead atoms. The Labute approximate surface area is 144 Å². The second-order valence-electron chi connectivity index (χ2n) is 7.27. The van der Waals surface area contributed by atoms with E-state index in [1.54, 1.807) is 0 Å². The van der Waals surface area contributed by atoms with Crippen LogP contribution in [0.3, 0.4) is 0 Å². The number of hydrogen-bond donors (Lipinski definition) is 0. The Morgan fingerprint density at radius 3 is 1.42 bits per heavy atom. The van der Waals surface area contributed by atoms with Gasteiger partial charge in [0.25, 0.3) is 0 Å². The Bertz CT molecular complexity index is 726. The lowest BCUT2D eigenvalue weighted by Crippen LogP contribution is -2.28. The van der Waals surface area contributed by atoms with Gasteiger partial charge in [-0.2, -0.15) is 0 Å². The number of rotatable bonds is 2. The third-order valence-electron chi connectivity index (χ3n) is 5.76. The van der Waals surface area contributed by atoms with Crippen LogP contribution >= 0.6 is 0 Å². The molecule has 0 radical (unpaired) electrons. The number of esters is 1. The van der Waals surface area contributed by atoms with Gasteiger partial charge in [0.2, 0.25) is 0 Å². The molecule has 24 heavy (non-hydrogen) atoms. The highest BCUT2D eigenvalue weighted by Gasteiger charge is 2.44. The third kappa shape index (κ3) is 2.54. The largest absolute Gasteiger partial charge is 0.449 e. The first-order chi connectivity index (χ1) is 11.2. The Morgan fingerprint density at radius 1 is 0.750 bits per heavy atom. The van der Waals surface area contributed by atoms with Gasteiger partial charge in [0.1, 0.15) is 0 Å². The van der Waals surface area contributed by atoms with E-state index in [1.807, 2.05) is 0 Å². The number of aryl methyl sites for hydroxylation is 4. The summed E-state index contributed by atoms with van der Waals surface area (Å²) in [4.78, 5) is 12.1. The molecule has 1 aliphatic heterocycles. The molecule has 2 heteroatoms. The summed E-state index contributed by atoms with van der Waals surface area (Å²) in [5.41, 5.74) is 9.11. The van der Waals surface area contributed by atoms with Gasteiger partial charge in [-0.05, 0) is 74.9 Å². The van der Waals surface area contributed by atoms with Crippen molar-refractivity contribution >= 4 is 5.97 Å². The van der Waals surface area contributed by atoms with Crippen molar-refractivity contribution in [2.24, 2.45) is 0 Å². The Kier molecular flexibility index (Phi) is 4.03. The lowest BCUT2D eigenvalue weighted by Gasteiger charge is -2.31. The molecule has 2 aromatic rings. The summed E-state index contributed by atoms with van der Waals surface area (Å²) >= 11 is 0. The van der Waals surface area contributed by atoms with Gasteiger partial charge in [-0.15, -0.1) is 0 Å². The fourth-order valence-corrected chi connectivity index (χ4v) is 3.69. The number of ether oxygens (including phenoxy) is 1. The highest BCUT2D eigenvalue weighted by atomic mass is 16.6. The van der Waals surface area contributed by atoms with Crippen LogP contribution in [0.5, 0.6) is 0 Å². The maximum atomic E-state index is 12.1. The van der Waals surface area contributed by atoms with Crippen molar-refractivity contribution in [3.8, 4) is 0 Å². The van der Waals surface area contributed by atoms with Gasteiger partial charge in [-0.25, -0.2) is 0 Å². The van der Waals surface area contributed by atoms with Crippen LogP contribution in [0.2, 0.25) is 0 Å². The topological polar surface area (TPSA) is 26.3 Å². The molecular weight excluding hydrogens is 296 g/mol. The molecule has 0 saturated carbocycles. The van der Waals surface area contributed by atoms with E-state index < -0.39 is 5.60 Å². The van der Waals surface area contributed by atoms with Crippen molar-refractivity contribution in [3.05, 3.63) is 68.8 Å². The van der Waals surface area contributed by atoms with Crippen molar-refractivity contribution in [1.29, 1.82) is 0 Å². The molecule has 3 rings (SSSR count). The zero-order valence-electron chi connectivity index (χ0n) is 15.5. The SMILES string of the molecule is Cc1cc(C2(c3cc(C)c(C)c(C)c3)CCC(=O)O2)cc(C)c1C. The summed E-state index contributed by atoms with van der Waals surface area (Å²) in [7, 11) is 0. The van der Waals surface area contributed by atoms with Gasteiger partial charge in [0.15, 0.2) is 5.60 Å². The van der Waals surface area contributed by atoms with Crippen LogP contribution in [0.25, 0.3) is 0 Å². The Morgan fingerprint density at radius 2 is 1.12 bits per heavy atom. The Balaban J connectivity index is 2.26. The average molecular weight is 322 g/mol. The predicted molar refractivity (Wildman–Crippen MR) is 97.4 cm³/mol. The summed E-state index contributed by atoms with van der Waals surface area (Å²) in [5.74, 6) is -0.109. The third-order valence-corrected chi connectivity index (χ3v) is 5.76. The molecule has 1 heterocycles. The van der Waals surface area contributed by atoms with Crippen molar-refractivity contribution in [2.45, 2.75) is 60.0 Å². The molecule has 0 atom stereocenters. The lowest BCUT2D eigenvalue weighted by molar-refractivity contribution is -0.146. The molecule has 1 aliphatic rings. The van der Waals surface area contributed by atoms with E-state index in [-0.39, 0.29) is 5.97 Å². The molecule has 0 aliphatic carbocycles. The molecule has 0 N–H and O–H groups in total. The number of hydrogen-bond acceptors (Lipinski definition) is 2. The van der Waals surface area contributed by atoms with Gasteiger partial charge >= 0.3 is 5.97 Å². The van der Waals surface area contributed by atoms with E-state index in [0.717, 1.165) is 11.1 Å². The minimum Gasteiger partial charge on any atom is -0.449 e. The summed E-state index contributed by atoms with van der Waals surface area (Å²) in [6, 6.07) is 8.74. The highest BCUT2D eigenvalue weighted by molar-refractivity contribution is 5.74. The van der Waals surface area contributed by atoms with Crippen LogP contribution in [0.1, 0.15) is 57.3 Å². The van der Waals surface area contributed by atoms with E-state index in [0.29, 0.717) is 12.8 Å². The number of carbonyl (C=O) groups is 1. The first-order valence-corrected chi connectivity index (χ1v) is 8.63. The first kappa shape index (κ1) is 16.8. The van der Waals surface area contributed by atoms with Crippen molar-refractivity contribution < 1.29 is 9.53 Å². The zero-order chi connectivity index (χ0) is 17.6. The maximum absolute atomic E-state index is 12.1. The second kappa shape index (κ2) is 5.77. The highest BCUT2D eigenvalue weighted by Crippen LogP contribution is 2.44. The molecular formula is C22H26O2. The fourth-order valence-electron chi connectivity index (χ4n) is 3.69. The Hall–Kier alpha value is -2.09. The lowest BCUT2D eigenvalue weighted by atomic mass is 9.80. The fraction of sp³-hybridized carbons (Fsp3) is 0.409. The van der Waals surface area contributed by atoms with Gasteiger partial charge in [-0.1, -0.05) is 24.3 Å². The van der Waals surface area contributed by atoms with Crippen molar-refractivity contribution in [2.75, 3.05) is 0 Å². The summed E-state index contributed by atoms with van der Waals surface area (Å²) in [5, 5.41) is 0. The predicted octanol–water partition coefficient (Wildman–Crippen LogP) is 5.12. The quantitative estimate of drug-likeness (QED) is 0.718. The zero-order valence-corrected chi connectivity index (χ0v) is 15.5. The van der Waals surface area contributed by atoms with Crippen LogP contribution in [0.4, 0.5) is 0 Å². The van der Waals surface area contributed by atoms with Gasteiger partial charge < -0.3 is 4.74 Å². The van der Waals surface area contributed by atoms with Gasteiger partial charge in [-0.3, -0.25) is 4.79 Å². The smallest absolute Gasteiger partial charge is 0.307 e. The first-order valence-electron chi connectivity index (χ1n) is 8.63. The molecule has 126 valence electrons. The number of benzene rings is 2. The van der Waals surface area contributed by atoms with Crippen LogP contribution in [0, 0.1) is 41.5 Å². The second-order valence-corrected chi connectivity index (χ2v) is 7.27. The minimum absolute atomic E-state index is 0.109. The van der Waals surface area contributed by atoms with E-state index in [9.17, 15) is 4.79 Å². The molecule has 2 aromatic carbocycles. The van der Waals surface area contributed by atoms with E-state index in [4.69, 9.17) is 4.74 Å². The average Bonchev–Trinajstić information content (AvgIpc) is 2.92. The van der Waals surface area contributed by atoms with Crippen LogP contribution < -0.4 is 0 Å². The minimum atomic E-state index is -0.649. The summed E-state index contributed by atoms with van der Waals surface area (Å²) < 4.78 is 5.98. The standard InChI is InChI=1S/C22H26O2/c1-13-9-19(10-14(2)17(13)5)22(8-7-21(23)24-22)20-11-15(3)18(6)16(4)12-20/h9-12H,7-8H2,1-6H3. The normalized spacial score (nSPS) is 16.3. The van der Waals surface area contributed by atoms with Gasteiger partial charge in [0, 0.05) is 17.5 Å². The summed E-state index contributed by atoms with van der Waals surface area (Å²) in [6.07, 6.45) is 1.17. The maximum Gasteiger partial charge on any atom is 0.307 e. The van der Waals surface area contributed by atoms with Crippen LogP contribution in [-0.2, 0) is 15.1 Å². The molecule has 2 nitrogen and oxygen atoms in total. The summed E-state index contributed by atoms with van der Waals surface area (Å²) in [6.45, 7) is 12.8. The molecule has 1 saturated heterocycles. The van der Waals surface area contributed by atoms with E-state index >= 15 is 0 Å². The number of carbonyl (C=O) groups excluding carboxylic acids is 1. The van der Waals surface area contributed by atoms with Crippen LogP contribution in [0.15, 0.2) is 24.3 Å². The van der Waals surface area contributed by atoms with E-state index in [1.165, 1.54) is 33.4 Å². The molecule has 1 fully saturated rings. The van der Waals surface area contributed by atoms with E-state index in [2.05, 4.69) is 65.8 Å². The van der Waals surface area contributed by atoms with Gasteiger partial charge in [0.05, 0.1) is 6.42 Å². The van der Waals surface area contributed by atoms with Crippen molar-refractivity contribution in [1.82, 2.24) is 0 Å². The number of cyclic esters (lactones) is 1. The molecule has 0 spiro atoms. The molecule has 0 amide bonds. The van der Waals surface area contributed by atoms with Crippen LogP contribution in [-0.4, -0.2) is 5.97 Å². The molecule has 0 aromatic heterocycles. The molecule has 0 unspecified atom stereocenters. The monoisotopic (exact) mass is 322 g/mol. The van der Waals surface area contributed by atoms with Crippen molar-refractivity contribution in [3.63, 3.8) is 0 Å².